The lowest BCUT2D eigenvalue weighted by Gasteiger charge is -2.32. The Morgan fingerprint density at radius 2 is 2.27 bits per heavy atom. The normalized spacial score (nSPS) is 25.6. The monoisotopic (exact) mass is 313 g/mol. The van der Waals surface area contributed by atoms with Gasteiger partial charge in [0.1, 0.15) is 18.4 Å². The highest BCUT2D eigenvalue weighted by atomic mass is 16.5. The fourth-order valence-corrected chi connectivity index (χ4v) is 2.30. The molecule has 2 aliphatic rings. The number of hydrogen-bond donors (Lipinski definition) is 2. The Hall–Kier alpha value is -2.00. The van der Waals surface area contributed by atoms with Crippen LogP contribution in [0.4, 0.5) is 0 Å². The molecule has 2 aliphatic heterocycles. The average Bonchev–Trinajstić information content (AvgIpc) is 2.49. The summed E-state index contributed by atoms with van der Waals surface area (Å²) < 4.78 is 10.5. The summed E-state index contributed by atoms with van der Waals surface area (Å²) >= 11 is 0. The Labute approximate surface area is 127 Å². The number of nitrogens with one attached hydrogen (secondary N) is 1. The highest BCUT2D eigenvalue weighted by Gasteiger charge is 2.31. The quantitative estimate of drug-likeness (QED) is 0.670. The minimum absolute atomic E-state index is 0.134. The maximum absolute atomic E-state index is 12.2. The molecule has 0 aromatic rings. The summed E-state index contributed by atoms with van der Waals surface area (Å²) in [6.07, 6.45) is 0.546. The number of ether oxygens (including phenoxy) is 2. The van der Waals surface area contributed by atoms with E-state index in [0.29, 0.717) is 19.4 Å². The van der Waals surface area contributed by atoms with Crippen molar-refractivity contribution in [3.8, 4) is 0 Å². The molecule has 22 heavy (non-hydrogen) atoms. The van der Waals surface area contributed by atoms with Crippen LogP contribution in [0.2, 0.25) is 0 Å². The van der Waals surface area contributed by atoms with Gasteiger partial charge in [-0.1, -0.05) is 0 Å². The molecular weight excluding hydrogens is 294 g/mol. The molecule has 2 amide bonds. The number of hydrazone groups is 1. The minimum atomic E-state index is -1.08. The number of carbonyl (C=O) groups is 3. The summed E-state index contributed by atoms with van der Waals surface area (Å²) in [7, 11) is 1.50. The average molecular weight is 313 g/mol. The highest BCUT2D eigenvalue weighted by Crippen LogP contribution is 2.13. The standard InChI is InChI=1S/C13H19N3O6/c1-16-11(17)3-2-9(15-16)13(20)14-8-4-5-21-6-10(8)22-7-12(18)19/h8,10H,2-7H2,1H3,(H,14,20)(H,18,19)/t8-,10-/m1/s1. The first-order chi connectivity index (χ1) is 10.5. The minimum Gasteiger partial charge on any atom is -0.480 e. The first kappa shape index (κ1) is 16.4. The summed E-state index contributed by atoms with van der Waals surface area (Å²) in [5.74, 6) is -1.58. The molecule has 9 heteroatoms. The van der Waals surface area contributed by atoms with Gasteiger partial charge in [-0.05, 0) is 6.42 Å². The smallest absolute Gasteiger partial charge is 0.329 e. The lowest BCUT2D eigenvalue weighted by molar-refractivity contribution is -0.148. The molecule has 2 N–H and O–H groups in total. The van der Waals surface area contributed by atoms with E-state index >= 15 is 0 Å². The Morgan fingerprint density at radius 1 is 1.50 bits per heavy atom. The zero-order chi connectivity index (χ0) is 16.1. The molecule has 2 heterocycles. The van der Waals surface area contributed by atoms with Gasteiger partial charge in [0.05, 0.1) is 12.6 Å². The number of carbonyl (C=O) groups excluding carboxylic acids is 2. The molecule has 0 spiro atoms. The summed E-state index contributed by atoms with van der Waals surface area (Å²) in [5.41, 5.74) is 0.283. The number of nitrogens with zero attached hydrogens (tertiary/aromatic N) is 2. The third-order valence-electron chi connectivity index (χ3n) is 3.51. The lowest BCUT2D eigenvalue weighted by Crippen LogP contribution is -2.52. The molecule has 0 aromatic heterocycles. The summed E-state index contributed by atoms with van der Waals surface area (Å²) in [4.78, 5) is 34.1. The van der Waals surface area contributed by atoms with Crippen LogP contribution in [-0.2, 0) is 23.9 Å². The Bertz CT molecular complexity index is 492. The Kier molecular flexibility index (Phi) is 5.45. The number of carboxylic acid groups (broad SMARTS) is 1. The highest BCUT2D eigenvalue weighted by molar-refractivity contribution is 6.39. The first-order valence-corrected chi connectivity index (χ1v) is 7.03. The summed E-state index contributed by atoms with van der Waals surface area (Å²) in [6.45, 7) is 0.240. The number of aliphatic carboxylic acids is 1. The van der Waals surface area contributed by atoms with E-state index in [9.17, 15) is 14.4 Å². The maximum atomic E-state index is 12.2. The van der Waals surface area contributed by atoms with E-state index in [4.69, 9.17) is 14.6 Å². The van der Waals surface area contributed by atoms with Crippen molar-refractivity contribution in [2.75, 3.05) is 26.9 Å². The summed E-state index contributed by atoms with van der Waals surface area (Å²) in [5, 5.41) is 16.6. The SMILES string of the molecule is CN1N=C(C(=O)N[C@@H]2CCOC[C@H]2OCC(=O)O)CCC1=O. The fourth-order valence-electron chi connectivity index (χ4n) is 2.30. The van der Waals surface area contributed by atoms with E-state index < -0.39 is 18.7 Å². The van der Waals surface area contributed by atoms with Crippen molar-refractivity contribution in [2.24, 2.45) is 5.10 Å². The van der Waals surface area contributed by atoms with Gasteiger partial charge in [0.15, 0.2) is 0 Å². The molecule has 122 valence electrons. The van der Waals surface area contributed by atoms with Crippen LogP contribution in [0.15, 0.2) is 5.10 Å². The van der Waals surface area contributed by atoms with Crippen molar-refractivity contribution < 1.29 is 29.0 Å². The first-order valence-electron chi connectivity index (χ1n) is 7.03. The van der Waals surface area contributed by atoms with Crippen LogP contribution in [-0.4, -0.2) is 72.6 Å². The molecule has 2 atom stereocenters. The molecule has 0 aliphatic carbocycles. The second-order valence-electron chi connectivity index (χ2n) is 5.15. The van der Waals surface area contributed by atoms with E-state index in [1.807, 2.05) is 0 Å². The molecule has 0 aromatic carbocycles. The van der Waals surface area contributed by atoms with Crippen molar-refractivity contribution >= 4 is 23.5 Å². The van der Waals surface area contributed by atoms with E-state index in [0.717, 1.165) is 5.01 Å². The van der Waals surface area contributed by atoms with Gasteiger partial charge in [-0.25, -0.2) is 9.80 Å². The third kappa shape index (κ3) is 4.25. The van der Waals surface area contributed by atoms with Gasteiger partial charge in [-0.2, -0.15) is 5.10 Å². The number of amides is 2. The molecule has 0 radical (unpaired) electrons. The molecule has 2 rings (SSSR count). The molecule has 9 nitrogen and oxygen atoms in total. The predicted octanol–water partition coefficient (Wildman–Crippen LogP) is -1.03. The van der Waals surface area contributed by atoms with Crippen LogP contribution in [0.3, 0.4) is 0 Å². The van der Waals surface area contributed by atoms with Gasteiger partial charge in [-0.3, -0.25) is 9.59 Å². The fraction of sp³-hybridized carbons (Fsp3) is 0.692. The molecule has 0 unspecified atom stereocenters. The topological polar surface area (TPSA) is 118 Å². The van der Waals surface area contributed by atoms with E-state index in [2.05, 4.69) is 10.4 Å². The van der Waals surface area contributed by atoms with Gasteiger partial charge >= 0.3 is 5.97 Å². The lowest BCUT2D eigenvalue weighted by atomic mass is 10.0. The van der Waals surface area contributed by atoms with Crippen molar-refractivity contribution in [3.05, 3.63) is 0 Å². The van der Waals surface area contributed by atoms with Crippen LogP contribution < -0.4 is 5.32 Å². The van der Waals surface area contributed by atoms with Crippen LogP contribution in [0.5, 0.6) is 0 Å². The molecule has 0 saturated carbocycles. The predicted molar refractivity (Wildman–Crippen MR) is 74.2 cm³/mol. The van der Waals surface area contributed by atoms with Crippen LogP contribution in [0, 0.1) is 0 Å². The van der Waals surface area contributed by atoms with Crippen LogP contribution in [0.25, 0.3) is 0 Å². The van der Waals surface area contributed by atoms with E-state index in [1.165, 1.54) is 7.05 Å². The Balaban J connectivity index is 1.94. The van der Waals surface area contributed by atoms with Gasteiger partial charge < -0.3 is 19.9 Å². The molecule has 1 saturated heterocycles. The van der Waals surface area contributed by atoms with Crippen molar-refractivity contribution in [1.82, 2.24) is 10.3 Å². The largest absolute Gasteiger partial charge is 0.480 e. The van der Waals surface area contributed by atoms with Crippen molar-refractivity contribution in [1.29, 1.82) is 0 Å². The van der Waals surface area contributed by atoms with Crippen molar-refractivity contribution in [3.63, 3.8) is 0 Å². The van der Waals surface area contributed by atoms with Gasteiger partial charge in [-0.15, -0.1) is 0 Å². The summed E-state index contributed by atoms with van der Waals surface area (Å²) in [6, 6.07) is -0.341. The van der Waals surface area contributed by atoms with Gasteiger partial charge in [0.2, 0.25) is 5.91 Å². The zero-order valence-corrected chi connectivity index (χ0v) is 12.3. The van der Waals surface area contributed by atoms with Crippen molar-refractivity contribution in [2.45, 2.75) is 31.4 Å². The Morgan fingerprint density at radius 3 is 2.95 bits per heavy atom. The van der Waals surface area contributed by atoms with Crippen LogP contribution >= 0.6 is 0 Å². The van der Waals surface area contributed by atoms with Gasteiger partial charge in [0.25, 0.3) is 5.91 Å². The second-order valence-corrected chi connectivity index (χ2v) is 5.15. The number of carboxylic acids is 1. The van der Waals surface area contributed by atoms with E-state index in [-0.39, 0.29) is 36.6 Å². The van der Waals surface area contributed by atoms with Gasteiger partial charge in [0, 0.05) is 26.5 Å². The number of rotatable bonds is 5. The molecule has 1 fully saturated rings. The maximum Gasteiger partial charge on any atom is 0.329 e. The van der Waals surface area contributed by atoms with E-state index in [1.54, 1.807) is 0 Å². The molecular formula is C13H19N3O6. The van der Waals surface area contributed by atoms with Crippen LogP contribution in [0.1, 0.15) is 19.3 Å². The molecule has 0 bridgehead atoms. The number of hydrogen-bond acceptors (Lipinski definition) is 6. The third-order valence-corrected chi connectivity index (χ3v) is 3.51. The zero-order valence-electron chi connectivity index (χ0n) is 12.3. The second kappa shape index (κ2) is 7.32.